The van der Waals surface area contributed by atoms with Gasteiger partial charge in [0, 0.05) is 6.04 Å². The number of nitrogens with one attached hydrogen (secondary N) is 1. The molecular weight excluding hydrogens is 336 g/mol. The molecule has 2 rings (SSSR count). The lowest BCUT2D eigenvalue weighted by Crippen LogP contribution is -2.43. The Bertz CT molecular complexity index is 797. The summed E-state index contributed by atoms with van der Waals surface area (Å²) in [6.45, 7) is 0. The fourth-order valence-electron chi connectivity index (χ4n) is 2.16. The minimum absolute atomic E-state index is 0.0517. The van der Waals surface area contributed by atoms with Crippen molar-refractivity contribution in [2.24, 2.45) is 0 Å². The second-order valence-electron chi connectivity index (χ2n) is 4.83. The maximum Gasteiger partial charge on any atom is 0.240 e. The highest BCUT2D eigenvalue weighted by atomic mass is 35.5. The Labute approximate surface area is 128 Å². The zero-order valence-electron chi connectivity index (χ0n) is 10.9. The largest absolute Gasteiger partial charge is 0.240 e. The first-order valence-electron chi connectivity index (χ1n) is 6.16. The summed E-state index contributed by atoms with van der Waals surface area (Å²) in [7, 11) is -7.09. The fourth-order valence-corrected chi connectivity index (χ4v) is 5.36. The second-order valence-corrected chi connectivity index (χ2v) is 9.18. The third-order valence-corrected chi connectivity index (χ3v) is 6.82. The summed E-state index contributed by atoms with van der Waals surface area (Å²) < 4.78 is 49.9. The molecule has 9 heteroatoms. The number of rotatable bonds is 3. The highest BCUT2D eigenvalue weighted by Crippen LogP contribution is 2.21. The van der Waals surface area contributed by atoms with Crippen LogP contribution < -0.4 is 4.72 Å². The minimum Gasteiger partial charge on any atom is -0.229 e. The number of halogens is 1. The van der Waals surface area contributed by atoms with Crippen molar-refractivity contribution in [2.45, 2.75) is 23.8 Å². The van der Waals surface area contributed by atoms with Gasteiger partial charge in [0.1, 0.15) is 6.07 Å². The van der Waals surface area contributed by atoms with E-state index in [1.165, 1.54) is 18.2 Å². The molecule has 21 heavy (non-hydrogen) atoms. The van der Waals surface area contributed by atoms with E-state index in [0.29, 0.717) is 12.8 Å². The summed E-state index contributed by atoms with van der Waals surface area (Å²) in [5, 5.41) is 9.03. The number of hydrogen-bond acceptors (Lipinski definition) is 5. The van der Waals surface area contributed by atoms with Crippen LogP contribution in [0.1, 0.15) is 18.4 Å². The van der Waals surface area contributed by atoms with Crippen LogP contribution in [0.4, 0.5) is 0 Å². The molecule has 0 unspecified atom stereocenters. The molecule has 1 aliphatic rings. The first kappa shape index (κ1) is 16.2. The number of hydrogen-bond donors (Lipinski definition) is 1. The predicted molar refractivity (Wildman–Crippen MR) is 78.2 cm³/mol. The van der Waals surface area contributed by atoms with Crippen molar-refractivity contribution in [3.8, 4) is 6.07 Å². The molecule has 0 radical (unpaired) electrons. The Hall–Kier alpha value is -1.14. The molecule has 0 saturated carbocycles. The van der Waals surface area contributed by atoms with E-state index in [4.69, 9.17) is 16.9 Å². The van der Waals surface area contributed by atoms with Crippen LogP contribution in [-0.4, -0.2) is 34.4 Å². The van der Waals surface area contributed by atoms with Gasteiger partial charge in [-0.25, -0.2) is 21.6 Å². The van der Waals surface area contributed by atoms with Crippen molar-refractivity contribution in [1.82, 2.24) is 4.72 Å². The van der Waals surface area contributed by atoms with Crippen LogP contribution in [0.2, 0.25) is 5.02 Å². The van der Waals surface area contributed by atoms with Crippen molar-refractivity contribution < 1.29 is 16.8 Å². The molecule has 1 saturated heterocycles. The SMILES string of the molecule is N#Cc1cc(S(=O)(=O)N[C@@H]2CCCS(=O)(=O)C2)ccc1Cl. The van der Waals surface area contributed by atoms with E-state index >= 15 is 0 Å². The van der Waals surface area contributed by atoms with Gasteiger partial charge in [0.15, 0.2) is 9.84 Å². The van der Waals surface area contributed by atoms with Crippen LogP contribution in [0.3, 0.4) is 0 Å². The molecule has 6 nitrogen and oxygen atoms in total. The lowest BCUT2D eigenvalue weighted by molar-refractivity contribution is 0.517. The van der Waals surface area contributed by atoms with Gasteiger partial charge in [-0.15, -0.1) is 0 Å². The summed E-state index contributed by atoms with van der Waals surface area (Å²) in [4.78, 5) is -0.105. The van der Waals surface area contributed by atoms with Crippen molar-refractivity contribution in [2.75, 3.05) is 11.5 Å². The van der Waals surface area contributed by atoms with Crippen molar-refractivity contribution in [1.29, 1.82) is 5.26 Å². The molecule has 0 bridgehead atoms. The monoisotopic (exact) mass is 348 g/mol. The Balaban J connectivity index is 2.25. The predicted octanol–water partition coefficient (Wildman–Crippen LogP) is 1.07. The second kappa shape index (κ2) is 5.93. The molecule has 0 aliphatic carbocycles. The molecule has 0 aromatic heterocycles. The average Bonchev–Trinajstić information content (AvgIpc) is 2.37. The normalized spacial score (nSPS) is 21.6. The first-order chi connectivity index (χ1) is 9.73. The zero-order valence-corrected chi connectivity index (χ0v) is 13.3. The molecule has 114 valence electrons. The van der Waals surface area contributed by atoms with E-state index in [1.807, 2.05) is 0 Å². The van der Waals surface area contributed by atoms with Crippen LogP contribution in [0.25, 0.3) is 0 Å². The third-order valence-electron chi connectivity index (χ3n) is 3.15. The van der Waals surface area contributed by atoms with E-state index in [-0.39, 0.29) is 27.0 Å². The van der Waals surface area contributed by atoms with Gasteiger partial charge in [-0.05, 0) is 31.0 Å². The maximum absolute atomic E-state index is 12.2. The van der Waals surface area contributed by atoms with Crippen LogP contribution in [0, 0.1) is 11.3 Å². The highest BCUT2D eigenvalue weighted by molar-refractivity contribution is 7.91. The summed E-state index contributed by atoms with van der Waals surface area (Å²) >= 11 is 5.76. The van der Waals surface area contributed by atoms with Crippen LogP contribution in [0.5, 0.6) is 0 Å². The summed E-state index contributed by atoms with van der Waals surface area (Å²) in [6.07, 6.45) is 0.900. The topological polar surface area (TPSA) is 104 Å². The lowest BCUT2D eigenvalue weighted by atomic mass is 10.2. The number of benzene rings is 1. The lowest BCUT2D eigenvalue weighted by Gasteiger charge is -2.22. The van der Waals surface area contributed by atoms with Gasteiger partial charge in [0.25, 0.3) is 0 Å². The van der Waals surface area contributed by atoms with E-state index in [1.54, 1.807) is 6.07 Å². The van der Waals surface area contributed by atoms with Crippen molar-refractivity contribution >= 4 is 31.5 Å². The van der Waals surface area contributed by atoms with Crippen LogP contribution in [0.15, 0.2) is 23.1 Å². The smallest absolute Gasteiger partial charge is 0.229 e. The van der Waals surface area contributed by atoms with Crippen LogP contribution in [-0.2, 0) is 19.9 Å². The molecule has 1 aliphatic heterocycles. The highest BCUT2D eigenvalue weighted by Gasteiger charge is 2.28. The average molecular weight is 349 g/mol. The van der Waals surface area contributed by atoms with E-state index in [2.05, 4.69) is 4.72 Å². The van der Waals surface area contributed by atoms with Gasteiger partial charge in [-0.2, -0.15) is 5.26 Å². The molecule has 1 heterocycles. The Morgan fingerprint density at radius 2 is 2.10 bits per heavy atom. The van der Waals surface area contributed by atoms with Gasteiger partial charge < -0.3 is 0 Å². The number of sulfone groups is 1. The molecular formula is C12H13ClN2O4S2. The Kier molecular flexibility index (Phi) is 4.58. The number of nitrogens with zero attached hydrogens (tertiary/aromatic N) is 1. The van der Waals surface area contributed by atoms with Gasteiger partial charge in [0.2, 0.25) is 10.0 Å². The zero-order chi connectivity index (χ0) is 15.7. The number of sulfonamides is 1. The summed E-state index contributed by atoms with van der Waals surface area (Å²) in [5.74, 6) is -0.115. The molecule has 0 amide bonds. The summed E-state index contributed by atoms with van der Waals surface area (Å²) in [5.41, 5.74) is 0.0517. The third kappa shape index (κ3) is 3.95. The van der Waals surface area contributed by atoms with E-state index < -0.39 is 25.9 Å². The summed E-state index contributed by atoms with van der Waals surface area (Å²) in [6, 6.07) is 4.94. The fraction of sp³-hybridized carbons (Fsp3) is 0.417. The Morgan fingerprint density at radius 3 is 2.71 bits per heavy atom. The van der Waals surface area contributed by atoms with E-state index in [0.717, 1.165) is 0 Å². The Morgan fingerprint density at radius 1 is 1.38 bits per heavy atom. The first-order valence-corrected chi connectivity index (χ1v) is 9.84. The maximum atomic E-state index is 12.2. The molecule has 0 spiro atoms. The van der Waals surface area contributed by atoms with Gasteiger partial charge in [0.05, 0.1) is 27.0 Å². The minimum atomic E-state index is -3.88. The van der Waals surface area contributed by atoms with Crippen LogP contribution >= 0.6 is 11.6 Å². The molecule has 1 fully saturated rings. The molecule has 1 aromatic carbocycles. The van der Waals surface area contributed by atoms with Crippen molar-refractivity contribution in [3.63, 3.8) is 0 Å². The van der Waals surface area contributed by atoms with Gasteiger partial charge in [-0.1, -0.05) is 11.6 Å². The standard InChI is InChI=1S/C12H13ClN2O4S2/c13-12-4-3-11(6-9(12)7-14)21(18,19)15-10-2-1-5-20(16,17)8-10/h3-4,6,10,15H,1-2,5,8H2/t10-/m1/s1. The van der Waals surface area contributed by atoms with Gasteiger partial charge >= 0.3 is 0 Å². The number of nitriles is 1. The van der Waals surface area contributed by atoms with Gasteiger partial charge in [-0.3, -0.25) is 0 Å². The quantitative estimate of drug-likeness (QED) is 0.879. The molecule has 1 atom stereocenters. The molecule has 1 N–H and O–H groups in total. The van der Waals surface area contributed by atoms with Crippen molar-refractivity contribution in [3.05, 3.63) is 28.8 Å². The van der Waals surface area contributed by atoms with E-state index in [9.17, 15) is 16.8 Å². The molecule has 1 aromatic rings.